The Morgan fingerprint density at radius 3 is 2.74 bits per heavy atom. The van der Waals surface area contributed by atoms with E-state index in [1.54, 1.807) is 12.1 Å². The topological polar surface area (TPSA) is 62.0 Å². The highest BCUT2D eigenvalue weighted by Crippen LogP contribution is 2.50. The zero-order valence-corrected chi connectivity index (χ0v) is 15.9. The van der Waals surface area contributed by atoms with Gasteiger partial charge in [0.25, 0.3) is 0 Å². The Bertz CT molecular complexity index is 1150. The number of aryl methyl sites for hydroxylation is 1. The van der Waals surface area contributed by atoms with Gasteiger partial charge in [0.1, 0.15) is 11.6 Å². The summed E-state index contributed by atoms with van der Waals surface area (Å²) in [5.74, 6) is -1.08. The smallest absolute Gasteiger partial charge is 0.229 e. The fourth-order valence-electron chi connectivity index (χ4n) is 4.48. The van der Waals surface area contributed by atoms with Gasteiger partial charge in [-0.25, -0.2) is 17.2 Å². The number of sulfonamides is 1. The fraction of sp³-hybridized carbons (Fsp3) is 0.300. The van der Waals surface area contributed by atoms with Crippen molar-refractivity contribution in [2.75, 3.05) is 11.0 Å². The van der Waals surface area contributed by atoms with E-state index in [2.05, 4.69) is 9.71 Å². The van der Waals surface area contributed by atoms with Crippen LogP contribution in [0.3, 0.4) is 0 Å². The van der Waals surface area contributed by atoms with Crippen LogP contribution < -0.4 is 4.72 Å². The molecular weight excluding hydrogens is 370 g/mol. The number of hydrogen-bond donors (Lipinski definition) is 2. The van der Waals surface area contributed by atoms with Crippen molar-refractivity contribution in [2.45, 2.75) is 31.6 Å². The van der Waals surface area contributed by atoms with Gasteiger partial charge in [-0.1, -0.05) is 19.1 Å². The number of benzene rings is 2. The van der Waals surface area contributed by atoms with Crippen molar-refractivity contribution in [3.8, 4) is 0 Å². The SMILES string of the molecule is CCC1(c2c[nH]c3c(NS(C)(=O)=O)cccc23)CCc2cc(F)cc(F)c21. The molecule has 0 amide bonds. The summed E-state index contributed by atoms with van der Waals surface area (Å²) < 4.78 is 54.3. The lowest BCUT2D eigenvalue weighted by atomic mass is 9.73. The van der Waals surface area contributed by atoms with Crippen LogP contribution >= 0.6 is 0 Å². The molecule has 0 spiro atoms. The van der Waals surface area contributed by atoms with Crippen molar-refractivity contribution < 1.29 is 17.2 Å². The van der Waals surface area contributed by atoms with Crippen LogP contribution in [-0.2, 0) is 21.9 Å². The zero-order valence-electron chi connectivity index (χ0n) is 15.1. The average molecular weight is 390 g/mol. The number of nitrogens with one attached hydrogen (secondary N) is 2. The summed E-state index contributed by atoms with van der Waals surface area (Å²) in [4.78, 5) is 3.15. The highest BCUT2D eigenvalue weighted by atomic mass is 32.2. The fourth-order valence-corrected chi connectivity index (χ4v) is 5.05. The Hall–Kier alpha value is -2.41. The molecule has 142 valence electrons. The summed E-state index contributed by atoms with van der Waals surface area (Å²) in [5.41, 5.74) is 2.69. The number of rotatable bonds is 4. The second kappa shape index (κ2) is 6.05. The number of anilines is 1. The van der Waals surface area contributed by atoms with Gasteiger partial charge in [0.05, 0.1) is 17.5 Å². The molecule has 1 aliphatic carbocycles. The van der Waals surface area contributed by atoms with E-state index in [-0.39, 0.29) is 0 Å². The van der Waals surface area contributed by atoms with Crippen LogP contribution in [0.25, 0.3) is 10.9 Å². The molecule has 0 aliphatic heterocycles. The molecule has 1 heterocycles. The molecule has 3 aromatic rings. The first-order valence-corrected chi connectivity index (χ1v) is 10.7. The summed E-state index contributed by atoms with van der Waals surface area (Å²) in [7, 11) is -3.43. The standard InChI is InChI=1S/C20H20F2N2O2S/c1-3-20(8-7-12-9-13(21)10-16(22)18(12)20)15-11-23-19-14(15)5-4-6-17(19)24-27(2,25)26/h4-6,9-11,23-24H,3,7-8H2,1-2H3. The molecule has 0 saturated heterocycles. The highest BCUT2D eigenvalue weighted by Gasteiger charge is 2.43. The normalized spacial score (nSPS) is 19.4. The maximum absolute atomic E-state index is 14.8. The first-order valence-electron chi connectivity index (χ1n) is 8.82. The summed E-state index contributed by atoms with van der Waals surface area (Å²) in [6, 6.07) is 7.71. The molecule has 0 radical (unpaired) electrons. The van der Waals surface area contributed by atoms with Crippen LogP contribution in [0.1, 0.15) is 36.5 Å². The van der Waals surface area contributed by atoms with Crippen molar-refractivity contribution in [1.29, 1.82) is 0 Å². The van der Waals surface area contributed by atoms with Gasteiger partial charge in [0.15, 0.2) is 0 Å². The first kappa shape index (κ1) is 18.0. The molecule has 0 saturated carbocycles. The largest absolute Gasteiger partial charge is 0.359 e. The molecule has 2 aromatic carbocycles. The predicted octanol–water partition coefficient (Wildman–Crippen LogP) is 4.46. The molecule has 2 N–H and O–H groups in total. The molecule has 0 fully saturated rings. The number of aromatic amines is 1. The molecule has 0 bridgehead atoms. The second-order valence-corrected chi connectivity index (χ2v) is 8.91. The van der Waals surface area contributed by atoms with E-state index in [1.165, 1.54) is 6.07 Å². The van der Waals surface area contributed by atoms with E-state index in [0.717, 1.165) is 23.3 Å². The highest BCUT2D eigenvalue weighted by molar-refractivity contribution is 7.92. The Morgan fingerprint density at radius 2 is 2.04 bits per heavy atom. The van der Waals surface area contributed by atoms with Gasteiger partial charge in [-0.3, -0.25) is 4.72 Å². The number of hydrogen-bond acceptors (Lipinski definition) is 2. The molecular formula is C20H20F2N2O2S. The van der Waals surface area contributed by atoms with E-state index < -0.39 is 27.1 Å². The van der Waals surface area contributed by atoms with Crippen LogP contribution in [0.5, 0.6) is 0 Å². The van der Waals surface area contributed by atoms with E-state index in [9.17, 15) is 17.2 Å². The van der Waals surface area contributed by atoms with Crippen molar-refractivity contribution >= 4 is 26.6 Å². The Labute approximate surface area is 156 Å². The summed E-state index contributed by atoms with van der Waals surface area (Å²) >= 11 is 0. The van der Waals surface area contributed by atoms with E-state index in [1.807, 2.05) is 19.2 Å². The Morgan fingerprint density at radius 1 is 1.26 bits per heavy atom. The monoisotopic (exact) mass is 390 g/mol. The predicted molar refractivity (Wildman–Crippen MR) is 103 cm³/mol. The van der Waals surface area contributed by atoms with Gasteiger partial charge in [-0.05, 0) is 42.5 Å². The third kappa shape index (κ3) is 2.81. The average Bonchev–Trinajstić information content (AvgIpc) is 3.16. The molecule has 1 unspecified atom stereocenters. The lowest BCUT2D eigenvalue weighted by Crippen LogP contribution is -2.24. The number of aromatic nitrogens is 1. The van der Waals surface area contributed by atoms with Crippen LogP contribution in [0.15, 0.2) is 36.5 Å². The maximum atomic E-state index is 14.8. The Balaban J connectivity index is 1.95. The van der Waals surface area contributed by atoms with Crippen LogP contribution in [-0.4, -0.2) is 19.7 Å². The lowest BCUT2D eigenvalue weighted by Gasteiger charge is -2.29. The molecule has 7 heteroatoms. The molecule has 1 aromatic heterocycles. The first-order chi connectivity index (χ1) is 12.7. The zero-order chi connectivity index (χ0) is 19.4. The van der Waals surface area contributed by atoms with Gasteiger partial charge >= 0.3 is 0 Å². The molecule has 27 heavy (non-hydrogen) atoms. The maximum Gasteiger partial charge on any atom is 0.229 e. The van der Waals surface area contributed by atoms with Crippen molar-refractivity contribution in [2.24, 2.45) is 0 Å². The lowest BCUT2D eigenvalue weighted by molar-refractivity contribution is 0.467. The molecule has 1 atom stereocenters. The number of H-pyrrole nitrogens is 1. The van der Waals surface area contributed by atoms with E-state index in [4.69, 9.17) is 0 Å². The van der Waals surface area contributed by atoms with Gasteiger partial charge in [0, 0.05) is 28.6 Å². The van der Waals surface area contributed by atoms with E-state index in [0.29, 0.717) is 41.6 Å². The Kier molecular flexibility index (Phi) is 4.03. The van der Waals surface area contributed by atoms with Crippen LogP contribution in [0.2, 0.25) is 0 Å². The summed E-state index contributed by atoms with van der Waals surface area (Å²) in [6.07, 6.45) is 4.85. The summed E-state index contributed by atoms with van der Waals surface area (Å²) in [5, 5.41) is 0.835. The van der Waals surface area contributed by atoms with E-state index >= 15 is 0 Å². The quantitative estimate of drug-likeness (QED) is 0.691. The number of para-hydroxylation sites is 1. The van der Waals surface area contributed by atoms with Crippen LogP contribution in [0, 0.1) is 11.6 Å². The van der Waals surface area contributed by atoms with Gasteiger partial charge in [0.2, 0.25) is 10.0 Å². The molecule has 4 rings (SSSR count). The molecule has 4 nitrogen and oxygen atoms in total. The van der Waals surface area contributed by atoms with Gasteiger partial charge in [-0.15, -0.1) is 0 Å². The number of halogens is 2. The third-order valence-corrected chi connectivity index (χ3v) is 6.16. The van der Waals surface area contributed by atoms with Crippen LogP contribution in [0.4, 0.5) is 14.5 Å². The van der Waals surface area contributed by atoms with Crippen molar-refractivity contribution in [3.63, 3.8) is 0 Å². The van der Waals surface area contributed by atoms with Gasteiger partial charge < -0.3 is 4.98 Å². The minimum Gasteiger partial charge on any atom is -0.359 e. The molecule has 1 aliphatic rings. The van der Waals surface area contributed by atoms with Gasteiger partial charge in [-0.2, -0.15) is 0 Å². The third-order valence-electron chi connectivity index (χ3n) is 5.57. The second-order valence-electron chi connectivity index (χ2n) is 7.16. The minimum absolute atomic E-state index is 0.449. The summed E-state index contributed by atoms with van der Waals surface area (Å²) in [6.45, 7) is 2.00. The number of fused-ring (bicyclic) bond motifs is 2. The van der Waals surface area contributed by atoms with Crippen molar-refractivity contribution in [3.05, 3.63) is 64.9 Å². The minimum atomic E-state index is -3.43. The van der Waals surface area contributed by atoms with Crippen molar-refractivity contribution in [1.82, 2.24) is 4.98 Å².